The van der Waals surface area contributed by atoms with Gasteiger partial charge in [-0.05, 0) is 35.4 Å². The molecule has 2 aromatic heterocycles. The molecule has 0 atom stereocenters. The molecule has 0 aliphatic carbocycles. The number of rotatable bonds is 5. The molecule has 0 aliphatic rings. The monoisotopic (exact) mass is 443 g/mol. The Labute approximate surface area is 182 Å². The maximum absolute atomic E-state index is 12.9. The minimum atomic E-state index is -0.423. The highest BCUT2D eigenvalue weighted by atomic mass is 35.5. The van der Waals surface area contributed by atoms with Crippen LogP contribution in [0.4, 0.5) is 5.95 Å². The number of fused-ring (bicyclic) bond motifs is 1. The smallest absolute Gasteiger partial charge is 0.332 e. The van der Waals surface area contributed by atoms with E-state index in [0.29, 0.717) is 40.2 Å². The number of imidazole rings is 1. The first kappa shape index (κ1) is 20.3. The van der Waals surface area contributed by atoms with Gasteiger partial charge in [0.2, 0.25) is 5.95 Å². The Bertz CT molecular complexity index is 1340. The average Bonchev–Trinajstić information content (AvgIpc) is 3.10. The molecule has 154 valence electrons. The van der Waals surface area contributed by atoms with Crippen LogP contribution >= 0.6 is 23.2 Å². The number of nitrogens with one attached hydrogen (secondary N) is 1. The van der Waals surface area contributed by atoms with Crippen molar-refractivity contribution in [3.05, 3.63) is 90.5 Å². The van der Waals surface area contributed by atoms with Gasteiger partial charge in [0.25, 0.3) is 5.56 Å². The van der Waals surface area contributed by atoms with Crippen molar-refractivity contribution in [2.24, 2.45) is 14.1 Å². The Morgan fingerprint density at radius 2 is 1.43 bits per heavy atom. The van der Waals surface area contributed by atoms with Gasteiger partial charge in [0.1, 0.15) is 0 Å². The van der Waals surface area contributed by atoms with Gasteiger partial charge in [-0.2, -0.15) is 4.98 Å². The second-order valence-electron chi connectivity index (χ2n) is 7.01. The van der Waals surface area contributed by atoms with E-state index >= 15 is 0 Å². The van der Waals surface area contributed by atoms with Crippen molar-refractivity contribution in [2.45, 2.75) is 13.1 Å². The lowest BCUT2D eigenvalue weighted by molar-refractivity contribution is 0.702. The molecule has 0 saturated heterocycles. The van der Waals surface area contributed by atoms with Crippen molar-refractivity contribution in [3.63, 3.8) is 0 Å². The summed E-state index contributed by atoms with van der Waals surface area (Å²) in [5.41, 5.74) is 1.82. The zero-order chi connectivity index (χ0) is 21.4. The topological polar surface area (TPSA) is 73.8 Å². The predicted octanol–water partition coefficient (Wildman–Crippen LogP) is 3.40. The van der Waals surface area contributed by atoms with E-state index in [4.69, 9.17) is 23.2 Å². The zero-order valence-corrected chi connectivity index (χ0v) is 17.9. The number of aromatic nitrogens is 4. The molecule has 0 radical (unpaired) electrons. The zero-order valence-electron chi connectivity index (χ0n) is 16.4. The average molecular weight is 444 g/mol. The van der Waals surface area contributed by atoms with Crippen molar-refractivity contribution in [3.8, 4) is 0 Å². The largest absolute Gasteiger partial charge is 0.351 e. The van der Waals surface area contributed by atoms with Crippen molar-refractivity contribution >= 4 is 40.3 Å². The van der Waals surface area contributed by atoms with Gasteiger partial charge in [-0.1, -0.05) is 47.5 Å². The molecule has 0 unspecified atom stereocenters. The van der Waals surface area contributed by atoms with Crippen molar-refractivity contribution in [1.82, 2.24) is 18.7 Å². The second kappa shape index (κ2) is 8.01. The highest BCUT2D eigenvalue weighted by molar-refractivity contribution is 6.30. The summed E-state index contributed by atoms with van der Waals surface area (Å²) in [5, 5.41) is 4.58. The fourth-order valence-electron chi connectivity index (χ4n) is 3.29. The minimum Gasteiger partial charge on any atom is -0.351 e. The molecule has 7 nitrogen and oxygen atoms in total. The highest BCUT2D eigenvalue weighted by Crippen LogP contribution is 2.20. The van der Waals surface area contributed by atoms with Crippen molar-refractivity contribution in [2.75, 3.05) is 5.32 Å². The Morgan fingerprint density at radius 1 is 0.867 bits per heavy atom. The summed E-state index contributed by atoms with van der Waals surface area (Å²) in [6.45, 7) is 0.874. The van der Waals surface area contributed by atoms with E-state index in [1.165, 1.54) is 11.6 Å². The highest BCUT2D eigenvalue weighted by Gasteiger charge is 2.19. The normalized spacial score (nSPS) is 11.2. The fourth-order valence-corrected chi connectivity index (χ4v) is 3.54. The first-order valence-corrected chi connectivity index (χ1v) is 10.00. The minimum absolute atomic E-state index is 0.329. The molecule has 0 fully saturated rings. The first-order chi connectivity index (χ1) is 14.3. The predicted molar refractivity (Wildman–Crippen MR) is 120 cm³/mol. The third-order valence-electron chi connectivity index (χ3n) is 4.97. The maximum atomic E-state index is 12.9. The molecule has 0 spiro atoms. The van der Waals surface area contributed by atoms with Gasteiger partial charge < -0.3 is 5.32 Å². The molecule has 0 aliphatic heterocycles. The molecule has 1 N–H and O–H groups in total. The lowest BCUT2D eigenvalue weighted by Gasteiger charge is -2.11. The Kier molecular flexibility index (Phi) is 5.40. The van der Waals surface area contributed by atoms with E-state index in [2.05, 4.69) is 10.3 Å². The number of hydrogen-bond donors (Lipinski definition) is 1. The number of hydrogen-bond acceptors (Lipinski definition) is 4. The third-order valence-corrected chi connectivity index (χ3v) is 5.47. The fraction of sp³-hybridized carbons (Fsp3) is 0.190. The lowest BCUT2D eigenvalue weighted by atomic mass is 10.2. The van der Waals surface area contributed by atoms with Crippen LogP contribution in [0, 0.1) is 0 Å². The van der Waals surface area contributed by atoms with Crippen LogP contribution in [0.25, 0.3) is 11.2 Å². The second-order valence-corrected chi connectivity index (χ2v) is 7.88. The van der Waals surface area contributed by atoms with Gasteiger partial charge in [0, 0.05) is 30.7 Å². The van der Waals surface area contributed by atoms with E-state index in [-0.39, 0.29) is 0 Å². The first-order valence-electron chi connectivity index (χ1n) is 9.24. The third kappa shape index (κ3) is 3.74. The van der Waals surface area contributed by atoms with Crippen LogP contribution in [0.1, 0.15) is 11.1 Å². The molecule has 2 heterocycles. The van der Waals surface area contributed by atoms with Gasteiger partial charge >= 0.3 is 5.69 Å². The van der Waals surface area contributed by atoms with Crippen LogP contribution in [0.3, 0.4) is 0 Å². The molecule has 0 amide bonds. The molecule has 0 bridgehead atoms. The Balaban J connectivity index is 1.82. The van der Waals surface area contributed by atoms with Gasteiger partial charge in [0.05, 0.1) is 6.54 Å². The number of aryl methyl sites for hydroxylation is 1. The molecule has 9 heteroatoms. The van der Waals surface area contributed by atoms with Gasteiger partial charge in [-0.3, -0.25) is 18.5 Å². The Morgan fingerprint density at radius 3 is 2.03 bits per heavy atom. The summed E-state index contributed by atoms with van der Waals surface area (Å²) in [5.74, 6) is 0.494. The summed E-state index contributed by atoms with van der Waals surface area (Å²) in [6, 6.07) is 14.8. The van der Waals surface area contributed by atoms with Crippen LogP contribution in [0.15, 0.2) is 58.1 Å². The van der Waals surface area contributed by atoms with Crippen LogP contribution in [-0.4, -0.2) is 18.7 Å². The number of halogens is 2. The van der Waals surface area contributed by atoms with Crippen LogP contribution in [-0.2, 0) is 27.2 Å². The summed E-state index contributed by atoms with van der Waals surface area (Å²) in [4.78, 5) is 29.8. The Hall–Kier alpha value is -3.03. The molecular weight excluding hydrogens is 425 g/mol. The van der Waals surface area contributed by atoms with Gasteiger partial charge in [-0.25, -0.2) is 4.79 Å². The van der Waals surface area contributed by atoms with Gasteiger partial charge in [0.15, 0.2) is 11.2 Å². The van der Waals surface area contributed by atoms with Crippen molar-refractivity contribution < 1.29 is 0 Å². The van der Waals surface area contributed by atoms with E-state index in [1.807, 2.05) is 36.4 Å². The van der Waals surface area contributed by atoms with Crippen molar-refractivity contribution in [1.29, 1.82) is 0 Å². The maximum Gasteiger partial charge on any atom is 0.332 e. The number of anilines is 1. The summed E-state index contributed by atoms with van der Waals surface area (Å²) in [6.07, 6.45) is 0. The number of nitrogens with zero attached hydrogens (tertiary/aromatic N) is 4. The summed E-state index contributed by atoms with van der Waals surface area (Å²) < 4.78 is 4.25. The van der Waals surface area contributed by atoms with E-state index in [0.717, 1.165) is 15.7 Å². The summed E-state index contributed by atoms with van der Waals surface area (Å²) in [7, 11) is 3.07. The summed E-state index contributed by atoms with van der Waals surface area (Å²) >= 11 is 12.0. The van der Waals surface area contributed by atoms with E-state index in [1.54, 1.807) is 23.7 Å². The standard InChI is InChI=1S/C21H19Cl2N5O2/c1-26-18-17(19(29)27(2)21(26)30)28(12-14-5-9-16(23)10-6-14)20(25-18)24-11-13-3-7-15(22)8-4-13/h3-10H,11-12H2,1-2H3,(H,24,25). The van der Waals surface area contributed by atoms with E-state index < -0.39 is 11.2 Å². The SMILES string of the molecule is Cn1c(=O)c2c(nc(NCc3ccc(Cl)cc3)n2Cc2ccc(Cl)cc2)n(C)c1=O. The quantitative estimate of drug-likeness (QED) is 0.512. The molecule has 2 aromatic carbocycles. The molecule has 4 rings (SSSR count). The number of benzene rings is 2. The molecular formula is C21H19Cl2N5O2. The van der Waals surface area contributed by atoms with E-state index in [9.17, 15) is 9.59 Å². The lowest BCUT2D eigenvalue weighted by Crippen LogP contribution is -2.37. The van der Waals surface area contributed by atoms with Gasteiger partial charge in [-0.15, -0.1) is 0 Å². The van der Waals surface area contributed by atoms with Crippen LogP contribution < -0.4 is 16.6 Å². The molecule has 30 heavy (non-hydrogen) atoms. The molecule has 4 aromatic rings. The van der Waals surface area contributed by atoms with Crippen LogP contribution in [0.2, 0.25) is 10.0 Å². The molecule has 0 saturated carbocycles. The van der Waals surface area contributed by atoms with Crippen LogP contribution in [0.5, 0.6) is 0 Å².